The van der Waals surface area contributed by atoms with Gasteiger partial charge in [0.2, 0.25) is 5.96 Å². The van der Waals surface area contributed by atoms with E-state index >= 15 is 0 Å². The second kappa shape index (κ2) is 4.78. The number of hydrazine groups is 1. The highest BCUT2D eigenvalue weighted by Crippen LogP contribution is 2.13. The van der Waals surface area contributed by atoms with Crippen LogP contribution in [0.4, 0.5) is 0 Å². The third kappa shape index (κ3) is 3.00. The molecule has 5 nitrogen and oxygen atoms in total. The van der Waals surface area contributed by atoms with Crippen LogP contribution in [0.25, 0.3) is 0 Å². The van der Waals surface area contributed by atoms with E-state index in [0.29, 0.717) is 6.54 Å². The van der Waals surface area contributed by atoms with Gasteiger partial charge in [-0.3, -0.25) is 5.43 Å². The first kappa shape index (κ1) is 9.94. The van der Waals surface area contributed by atoms with Crippen LogP contribution in [-0.4, -0.2) is 10.9 Å². The van der Waals surface area contributed by atoms with Gasteiger partial charge in [-0.15, -0.1) is 11.3 Å². The van der Waals surface area contributed by atoms with Crippen LogP contribution in [0.2, 0.25) is 0 Å². The molecule has 0 aliphatic heterocycles. The second-order valence-electron chi connectivity index (χ2n) is 2.42. The molecule has 72 valence electrons. The van der Waals surface area contributed by atoms with Crippen molar-refractivity contribution in [2.45, 2.75) is 19.9 Å². The van der Waals surface area contributed by atoms with Crippen molar-refractivity contribution in [2.24, 2.45) is 16.6 Å². The van der Waals surface area contributed by atoms with E-state index < -0.39 is 0 Å². The number of rotatable bonds is 3. The Morgan fingerprint density at radius 3 is 3.08 bits per heavy atom. The van der Waals surface area contributed by atoms with Gasteiger partial charge in [-0.1, -0.05) is 6.92 Å². The minimum atomic E-state index is 0.230. The first-order valence-corrected chi connectivity index (χ1v) is 4.78. The first-order chi connectivity index (χ1) is 6.26. The van der Waals surface area contributed by atoms with E-state index in [1.165, 1.54) is 4.88 Å². The minimum absolute atomic E-state index is 0.230. The molecule has 0 bridgehead atoms. The number of nitrogens with one attached hydrogen (secondary N) is 1. The van der Waals surface area contributed by atoms with Gasteiger partial charge < -0.3 is 5.73 Å². The van der Waals surface area contributed by atoms with E-state index in [2.05, 4.69) is 22.3 Å². The number of aryl methyl sites for hydroxylation is 1. The van der Waals surface area contributed by atoms with Crippen LogP contribution in [0.5, 0.6) is 0 Å². The summed E-state index contributed by atoms with van der Waals surface area (Å²) in [6.45, 7) is 2.58. The summed E-state index contributed by atoms with van der Waals surface area (Å²) in [4.78, 5) is 9.40. The van der Waals surface area contributed by atoms with Crippen molar-refractivity contribution >= 4 is 17.3 Å². The number of aliphatic imine (C=N–C) groups is 1. The molecule has 5 N–H and O–H groups in total. The molecule has 1 rings (SSSR count). The zero-order valence-corrected chi connectivity index (χ0v) is 8.27. The number of guanidine groups is 1. The maximum Gasteiger partial charge on any atom is 0.203 e. The molecule has 6 heteroatoms. The fraction of sp³-hybridized carbons (Fsp3) is 0.429. The smallest absolute Gasteiger partial charge is 0.203 e. The molecule has 0 radical (unpaired) electrons. The fourth-order valence-electron chi connectivity index (χ4n) is 0.783. The lowest BCUT2D eigenvalue weighted by Crippen LogP contribution is -2.37. The van der Waals surface area contributed by atoms with Gasteiger partial charge in [0.05, 0.1) is 6.54 Å². The lowest BCUT2D eigenvalue weighted by atomic mass is 10.4. The molecule has 0 atom stereocenters. The molecule has 1 aromatic rings. The van der Waals surface area contributed by atoms with Crippen molar-refractivity contribution in [1.29, 1.82) is 0 Å². The van der Waals surface area contributed by atoms with Gasteiger partial charge in [-0.25, -0.2) is 15.8 Å². The van der Waals surface area contributed by atoms with E-state index in [9.17, 15) is 0 Å². The van der Waals surface area contributed by atoms with Crippen LogP contribution in [0, 0.1) is 0 Å². The van der Waals surface area contributed by atoms with E-state index in [-0.39, 0.29) is 5.96 Å². The number of hydrogen-bond donors (Lipinski definition) is 3. The predicted octanol–water partition coefficient (Wildman–Crippen LogP) is -0.0165. The van der Waals surface area contributed by atoms with Crippen LogP contribution in [0.1, 0.15) is 16.8 Å². The minimum Gasteiger partial charge on any atom is -0.369 e. The van der Waals surface area contributed by atoms with E-state index in [0.717, 1.165) is 11.4 Å². The summed E-state index contributed by atoms with van der Waals surface area (Å²) >= 11 is 1.64. The van der Waals surface area contributed by atoms with Crippen molar-refractivity contribution in [3.63, 3.8) is 0 Å². The van der Waals surface area contributed by atoms with Gasteiger partial charge >= 0.3 is 0 Å². The molecule has 0 spiro atoms. The maximum absolute atomic E-state index is 5.35. The SMILES string of the molecule is CCc1cnc(CN=C(N)NN)s1. The molecule has 0 aliphatic rings. The van der Waals surface area contributed by atoms with Crippen molar-refractivity contribution in [3.05, 3.63) is 16.1 Å². The Morgan fingerprint density at radius 2 is 2.54 bits per heavy atom. The topological polar surface area (TPSA) is 89.3 Å². The lowest BCUT2D eigenvalue weighted by Gasteiger charge is -1.95. The molecule has 0 saturated carbocycles. The van der Waals surface area contributed by atoms with Crippen LogP contribution < -0.4 is 17.0 Å². The molecule has 0 amide bonds. The molecule has 0 fully saturated rings. The lowest BCUT2D eigenvalue weighted by molar-refractivity contribution is 0.950. The Labute approximate surface area is 80.8 Å². The van der Waals surface area contributed by atoms with Gasteiger partial charge in [0, 0.05) is 11.1 Å². The molecule has 0 unspecified atom stereocenters. The molecular weight excluding hydrogens is 186 g/mol. The number of nitrogens with zero attached hydrogens (tertiary/aromatic N) is 2. The Kier molecular flexibility index (Phi) is 3.66. The van der Waals surface area contributed by atoms with E-state index in [1.54, 1.807) is 11.3 Å². The normalized spacial score (nSPS) is 11.7. The highest BCUT2D eigenvalue weighted by Gasteiger charge is 1.98. The molecule has 1 aromatic heterocycles. The Hall–Kier alpha value is -1.14. The van der Waals surface area contributed by atoms with Crippen LogP contribution in [0.3, 0.4) is 0 Å². The monoisotopic (exact) mass is 199 g/mol. The zero-order chi connectivity index (χ0) is 9.68. The maximum atomic E-state index is 5.35. The highest BCUT2D eigenvalue weighted by atomic mass is 32.1. The van der Waals surface area contributed by atoms with Crippen molar-refractivity contribution in [2.75, 3.05) is 0 Å². The van der Waals surface area contributed by atoms with E-state index in [1.807, 2.05) is 6.20 Å². The van der Waals surface area contributed by atoms with Gasteiger partial charge in [0.25, 0.3) is 0 Å². The van der Waals surface area contributed by atoms with Gasteiger partial charge in [0.15, 0.2) is 0 Å². The van der Waals surface area contributed by atoms with E-state index in [4.69, 9.17) is 11.6 Å². The summed E-state index contributed by atoms with van der Waals surface area (Å²) in [5, 5.41) is 0.954. The van der Waals surface area contributed by atoms with Gasteiger partial charge in [0.1, 0.15) is 5.01 Å². The van der Waals surface area contributed by atoms with Crippen molar-refractivity contribution in [1.82, 2.24) is 10.4 Å². The fourth-order valence-corrected chi connectivity index (χ4v) is 1.57. The predicted molar refractivity (Wildman–Crippen MR) is 54.1 cm³/mol. The van der Waals surface area contributed by atoms with Crippen LogP contribution in [-0.2, 0) is 13.0 Å². The average molecular weight is 199 g/mol. The number of nitrogens with two attached hydrogens (primary N) is 2. The summed E-state index contributed by atoms with van der Waals surface area (Å²) in [5.41, 5.74) is 7.61. The third-order valence-electron chi connectivity index (χ3n) is 1.48. The van der Waals surface area contributed by atoms with Crippen molar-refractivity contribution in [3.8, 4) is 0 Å². The van der Waals surface area contributed by atoms with Gasteiger partial charge in [-0.2, -0.15) is 0 Å². The molecular formula is C7H13N5S. The van der Waals surface area contributed by atoms with Crippen LogP contribution >= 0.6 is 11.3 Å². The molecule has 0 aromatic carbocycles. The zero-order valence-electron chi connectivity index (χ0n) is 7.45. The highest BCUT2D eigenvalue weighted by molar-refractivity contribution is 7.11. The van der Waals surface area contributed by atoms with Crippen LogP contribution in [0.15, 0.2) is 11.2 Å². The largest absolute Gasteiger partial charge is 0.369 e. The summed E-state index contributed by atoms with van der Waals surface area (Å²) in [6.07, 6.45) is 2.87. The standard InChI is InChI=1S/C7H13N5S/c1-2-5-3-10-6(13-5)4-11-7(8)12-9/h3H,2,4,9H2,1H3,(H3,8,11,12). The van der Waals surface area contributed by atoms with Crippen molar-refractivity contribution < 1.29 is 0 Å². The Morgan fingerprint density at radius 1 is 1.77 bits per heavy atom. The molecule has 0 saturated heterocycles. The number of hydrogen-bond acceptors (Lipinski definition) is 4. The number of thiazole rings is 1. The Bertz CT molecular complexity index is 293. The Balaban J connectivity index is 2.54. The molecule has 13 heavy (non-hydrogen) atoms. The summed E-state index contributed by atoms with van der Waals surface area (Å²) in [6, 6.07) is 0. The first-order valence-electron chi connectivity index (χ1n) is 3.96. The summed E-state index contributed by atoms with van der Waals surface area (Å²) in [7, 11) is 0. The number of aromatic nitrogens is 1. The van der Waals surface area contributed by atoms with Gasteiger partial charge in [-0.05, 0) is 6.42 Å². The average Bonchev–Trinajstić information content (AvgIpc) is 2.61. The quantitative estimate of drug-likeness (QED) is 0.276. The molecule has 0 aliphatic carbocycles. The third-order valence-corrected chi connectivity index (χ3v) is 2.61. The second-order valence-corrected chi connectivity index (χ2v) is 3.62. The molecule has 1 heterocycles. The summed E-state index contributed by atoms with van der Waals surface area (Å²) < 4.78 is 0. The summed E-state index contributed by atoms with van der Waals surface area (Å²) in [5.74, 6) is 5.27.